The molecule has 0 radical (unpaired) electrons. The Balaban J connectivity index is 1.55. The Morgan fingerprint density at radius 1 is 0.375 bits per heavy atom. The van der Waals surface area contributed by atoms with Gasteiger partial charge in [0.25, 0.3) is 0 Å². The zero-order chi connectivity index (χ0) is 32.3. The SMILES string of the molecule is CC1(C)c2ccccc2C(c2nc(-c3ccccc3)cc3ccccc23)(c2nc(-c3ccccc3)cc3ccccc23)c2ccccc21. The first-order valence-corrected chi connectivity index (χ1v) is 16.7. The van der Waals surface area contributed by atoms with Crippen molar-refractivity contribution in [3.8, 4) is 22.5 Å². The molecular formula is C46H34N2. The molecule has 6 aromatic carbocycles. The van der Waals surface area contributed by atoms with Crippen molar-refractivity contribution in [3.05, 3.63) is 203 Å². The maximum atomic E-state index is 5.76. The molecular weight excluding hydrogens is 581 g/mol. The van der Waals surface area contributed by atoms with E-state index in [4.69, 9.17) is 9.97 Å². The van der Waals surface area contributed by atoms with Crippen LogP contribution in [-0.2, 0) is 10.8 Å². The summed E-state index contributed by atoms with van der Waals surface area (Å²) in [4.78, 5) is 11.5. The number of benzene rings is 6. The second kappa shape index (κ2) is 10.9. The van der Waals surface area contributed by atoms with Gasteiger partial charge in [-0.05, 0) is 45.2 Å². The van der Waals surface area contributed by atoms with Crippen LogP contribution in [-0.4, -0.2) is 9.97 Å². The van der Waals surface area contributed by atoms with Crippen LogP contribution in [0.15, 0.2) is 170 Å². The zero-order valence-corrected chi connectivity index (χ0v) is 27.1. The van der Waals surface area contributed by atoms with E-state index < -0.39 is 5.41 Å². The fraction of sp³-hybridized carbons (Fsp3) is 0.0870. The molecule has 0 fully saturated rings. The van der Waals surface area contributed by atoms with Crippen LogP contribution in [0.2, 0.25) is 0 Å². The minimum atomic E-state index is -0.836. The summed E-state index contributed by atoms with van der Waals surface area (Å²) in [6, 6.07) is 61.0. The summed E-state index contributed by atoms with van der Waals surface area (Å²) < 4.78 is 0. The van der Waals surface area contributed by atoms with E-state index in [-0.39, 0.29) is 5.41 Å². The third kappa shape index (κ3) is 4.12. The third-order valence-electron chi connectivity index (χ3n) is 10.3. The second-order valence-electron chi connectivity index (χ2n) is 13.4. The quantitative estimate of drug-likeness (QED) is 0.197. The fourth-order valence-electron chi connectivity index (χ4n) is 8.11. The Labute approximate surface area is 281 Å². The molecule has 0 saturated heterocycles. The number of hydrogen-bond donors (Lipinski definition) is 0. The Kier molecular flexibility index (Phi) is 6.42. The lowest BCUT2D eigenvalue weighted by molar-refractivity contribution is 0.550. The van der Waals surface area contributed by atoms with E-state index in [0.717, 1.165) is 55.4 Å². The van der Waals surface area contributed by atoms with Gasteiger partial charge in [0.05, 0.1) is 22.8 Å². The molecule has 0 atom stereocenters. The number of hydrogen-bond acceptors (Lipinski definition) is 2. The number of rotatable bonds is 4. The standard InChI is InChI=1S/C46H34N2/c1-45(2)37-25-13-15-27-39(37)46(40-28-16-14-26-38(40)45,43-35-23-11-9-21-33(35)29-41(47-43)31-17-5-3-6-18-31)44-36-24-12-10-22-34(36)30-42(48-44)32-19-7-4-8-20-32/h3-30H,1-2H3. The normalized spacial score (nSPS) is 14.4. The van der Waals surface area contributed by atoms with E-state index in [1.165, 1.54) is 22.3 Å². The Hall–Kier alpha value is -5.86. The van der Waals surface area contributed by atoms with Gasteiger partial charge >= 0.3 is 0 Å². The fourth-order valence-corrected chi connectivity index (χ4v) is 8.11. The van der Waals surface area contributed by atoms with Crippen molar-refractivity contribution >= 4 is 21.5 Å². The molecule has 1 aliphatic carbocycles. The van der Waals surface area contributed by atoms with Crippen molar-refractivity contribution in [1.82, 2.24) is 9.97 Å². The molecule has 0 spiro atoms. The predicted molar refractivity (Wildman–Crippen MR) is 198 cm³/mol. The van der Waals surface area contributed by atoms with Gasteiger partial charge < -0.3 is 0 Å². The van der Waals surface area contributed by atoms with E-state index in [2.05, 4.69) is 184 Å². The molecule has 8 aromatic rings. The summed E-state index contributed by atoms with van der Waals surface area (Å²) in [5, 5.41) is 4.56. The summed E-state index contributed by atoms with van der Waals surface area (Å²) in [6.45, 7) is 4.71. The van der Waals surface area contributed by atoms with Crippen molar-refractivity contribution in [1.29, 1.82) is 0 Å². The van der Waals surface area contributed by atoms with E-state index >= 15 is 0 Å². The second-order valence-corrected chi connectivity index (χ2v) is 13.4. The van der Waals surface area contributed by atoms with E-state index in [1.807, 2.05) is 0 Å². The van der Waals surface area contributed by atoms with Crippen LogP contribution in [0.5, 0.6) is 0 Å². The Bertz CT molecular complexity index is 2300. The summed E-state index contributed by atoms with van der Waals surface area (Å²) in [5.74, 6) is 0. The van der Waals surface area contributed by atoms with E-state index in [1.54, 1.807) is 0 Å². The molecule has 2 aromatic heterocycles. The van der Waals surface area contributed by atoms with Crippen LogP contribution in [0.1, 0.15) is 47.5 Å². The van der Waals surface area contributed by atoms with Gasteiger partial charge in [0.1, 0.15) is 5.41 Å². The highest BCUT2D eigenvalue weighted by molar-refractivity contribution is 5.95. The lowest BCUT2D eigenvalue weighted by Gasteiger charge is -2.47. The zero-order valence-electron chi connectivity index (χ0n) is 27.1. The highest BCUT2D eigenvalue weighted by Gasteiger charge is 2.52. The minimum absolute atomic E-state index is 0.240. The maximum absolute atomic E-state index is 5.76. The monoisotopic (exact) mass is 614 g/mol. The molecule has 0 bridgehead atoms. The summed E-state index contributed by atoms with van der Waals surface area (Å²) >= 11 is 0. The van der Waals surface area contributed by atoms with Crippen molar-refractivity contribution < 1.29 is 0 Å². The minimum Gasteiger partial charge on any atom is -0.250 e. The first-order chi connectivity index (χ1) is 23.6. The molecule has 2 heteroatoms. The van der Waals surface area contributed by atoms with Crippen molar-refractivity contribution in [2.24, 2.45) is 0 Å². The molecule has 0 aliphatic heterocycles. The topological polar surface area (TPSA) is 25.8 Å². The summed E-state index contributed by atoms with van der Waals surface area (Å²) in [7, 11) is 0. The van der Waals surface area contributed by atoms with Gasteiger partial charge in [-0.25, -0.2) is 0 Å². The Morgan fingerprint density at radius 2 is 0.729 bits per heavy atom. The van der Waals surface area contributed by atoms with E-state index in [9.17, 15) is 0 Å². The van der Waals surface area contributed by atoms with Crippen molar-refractivity contribution in [3.63, 3.8) is 0 Å². The van der Waals surface area contributed by atoms with Crippen LogP contribution < -0.4 is 0 Å². The maximum Gasteiger partial charge on any atom is 0.106 e. The molecule has 1 aliphatic rings. The average molecular weight is 615 g/mol. The van der Waals surface area contributed by atoms with Crippen molar-refractivity contribution in [2.75, 3.05) is 0 Å². The summed E-state index contributed by atoms with van der Waals surface area (Å²) in [5.41, 5.74) is 10.0. The molecule has 0 amide bonds. The van der Waals surface area contributed by atoms with Gasteiger partial charge in [0.15, 0.2) is 0 Å². The molecule has 2 heterocycles. The number of pyridine rings is 2. The largest absolute Gasteiger partial charge is 0.250 e. The lowest BCUT2D eigenvalue weighted by atomic mass is 9.55. The number of aromatic nitrogens is 2. The van der Waals surface area contributed by atoms with Gasteiger partial charge in [-0.3, -0.25) is 9.97 Å². The number of fused-ring (bicyclic) bond motifs is 4. The van der Waals surface area contributed by atoms with Crippen LogP contribution in [0.4, 0.5) is 0 Å². The van der Waals surface area contributed by atoms with Crippen LogP contribution in [0.25, 0.3) is 44.1 Å². The van der Waals surface area contributed by atoms with Gasteiger partial charge in [-0.15, -0.1) is 0 Å². The highest BCUT2D eigenvalue weighted by atomic mass is 14.8. The molecule has 0 saturated carbocycles. The molecule has 2 nitrogen and oxygen atoms in total. The molecule has 9 rings (SSSR count). The smallest absolute Gasteiger partial charge is 0.106 e. The van der Waals surface area contributed by atoms with Crippen LogP contribution >= 0.6 is 0 Å². The van der Waals surface area contributed by atoms with Gasteiger partial charge in [0.2, 0.25) is 0 Å². The first-order valence-electron chi connectivity index (χ1n) is 16.7. The predicted octanol–water partition coefficient (Wildman–Crippen LogP) is 11.1. The van der Waals surface area contributed by atoms with Crippen LogP contribution in [0.3, 0.4) is 0 Å². The van der Waals surface area contributed by atoms with Gasteiger partial charge in [0, 0.05) is 27.3 Å². The molecule has 0 N–H and O–H groups in total. The Morgan fingerprint density at radius 3 is 1.17 bits per heavy atom. The molecule has 48 heavy (non-hydrogen) atoms. The average Bonchev–Trinajstić information content (AvgIpc) is 3.15. The van der Waals surface area contributed by atoms with Gasteiger partial charge in [-0.2, -0.15) is 0 Å². The number of nitrogens with zero attached hydrogens (tertiary/aromatic N) is 2. The highest BCUT2D eigenvalue weighted by Crippen LogP contribution is 2.57. The first kappa shape index (κ1) is 28.4. The molecule has 228 valence electrons. The van der Waals surface area contributed by atoms with Crippen LogP contribution in [0, 0.1) is 0 Å². The van der Waals surface area contributed by atoms with Gasteiger partial charge in [-0.1, -0.05) is 172 Å². The third-order valence-corrected chi connectivity index (χ3v) is 10.3. The molecule has 0 unspecified atom stereocenters. The van der Waals surface area contributed by atoms with Crippen molar-refractivity contribution in [2.45, 2.75) is 24.7 Å². The lowest BCUT2D eigenvalue weighted by Crippen LogP contribution is -2.43. The van der Waals surface area contributed by atoms with E-state index in [0.29, 0.717) is 0 Å². The summed E-state index contributed by atoms with van der Waals surface area (Å²) in [6.07, 6.45) is 0.